The number of nitrogens with zero attached hydrogens (tertiary/aromatic N) is 3. The predicted octanol–water partition coefficient (Wildman–Crippen LogP) is 0.995. The second kappa shape index (κ2) is 3.65. The van der Waals surface area contributed by atoms with E-state index in [1.807, 2.05) is 24.1 Å². The highest BCUT2D eigenvalue weighted by Gasteiger charge is 2.21. The second-order valence-corrected chi connectivity index (χ2v) is 3.49. The van der Waals surface area contributed by atoms with Gasteiger partial charge in [0.05, 0.1) is 17.9 Å². The zero-order chi connectivity index (χ0) is 9.97. The molecule has 1 heterocycles. The Morgan fingerprint density at radius 3 is 3.00 bits per heavy atom. The summed E-state index contributed by atoms with van der Waals surface area (Å²) in [5.41, 5.74) is 6.81. The Bertz CT molecular complexity index is 329. The van der Waals surface area contributed by atoms with Crippen molar-refractivity contribution >= 4 is 11.6 Å². The Kier molecular flexibility index (Phi) is 2.35. The summed E-state index contributed by atoms with van der Waals surface area (Å²) in [5.74, 6) is 0.570. The average molecular weight is 190 g/mol. The van der Waals surface area contributed by atoms with Crippen LogP contribution in [0.3, 0.4) is 0 Å². The van der Waals surface area contributed by atoms with Crippen molar-refractivity contribution in [3.05, 3.63) is 24.5 Å². The van der Waals surface area contributed by atoms with Crippen molar-refractivity contribution in [2.75, 3.05) is 11.9 Å². The van der Waals surface area contributed by atoms with E-state index in [0.717, 1.165) is 5.69 Å². The van der Waals surface area contributed by atoms with Crippen molar-refractivity contribution in [1.29, 1.82) is 0 Å². The van der Waals surface area contributed by atoms with Gasteiger partial charge in [-0.3, -0.25) is 4.98 Å². The van der Waals surface area contributed by atoms with Gasteiger partial charge in [-0.15, -0.1) is 0 Å². The molecule has 0 bridgehead atoms. The minimum absolute atomic E-state index is 0.453. The molecule has 0 spiro atoms. The first-order valence-electron chi connectivity index (χ1n) is 4.74. The maximum absolute atomic E-state index is 5.84. The molecule has 1 fully saturated rings. The van der Waals surface area contributed by atoms with Crippen molar-refractivity contribution in [1.82, 2.24) is 4.98 Å². The third-order valence-corrected chi connectivity index (χ3v) is 2.24. The molecule has 2 rings (SSSR count). The van der Waals surface area contributed by atoms with Gasteiger partial charge < -0.3 is 10.6 Å². The molecule has 74 valence electrons. The molecule has 14 heavy (non-hydrogen) atoms. The SMILES string of the molecule is CN(C(N)=NC1CC1)c1cccnc1. The van der Waals surface area contributed by atoms with Crippen LogP contribution < -0.4 is 10.6 Å². The van der Waals surface area contributed by atoms with Gasteiger partial charge in [-0.05, 0) is 25.0 Å². The lowest BCUT2D eigenvalue weighted by Crippen LogP contribution is -2.34. The van der Waals surface area contributed by atoms with Crippen molar-refractivity contribution < 1.29 is 0 Å². The monoisotopic (exact) mass is 190 g/mol. The van der Waals surface area contributed by atoms with E-state index in [0.29, 0.717) is 12.0 Å². The largest absolute Gasteiger partial charge is 0.370 e. The molecular weight excluding hydrogens is 176 g/mol. The number of guanidine groups is 1. The Balaban J connectivity index is 2.10. The van der Waals surface area contributed by atoms with E-state index in [1.54, 1.807) is 12.4 Å². The van der Waals surface area contributed by atoms with E-state index in [4.69, 9.17) is 5.73 Å². The van der Waals surface area contributed by atoms with Gasteiger partial charge >= 0.3 is 0 Å². The molecular formula is C10H14N4. The van der Waals surface area contributed by atoms with Crippen LogP contribution in [-0.4, -0.2) is 24.0 Å². The number of rotatable bonds is 2. The van der Waals surface area contributed by atoms with Gasteiger partial charge in [0, 0.05) is 13.2 Å². The molecule has 1 aliphatic rings. The summed E-state index contributed by atoms with van der Waals surface area (Å²) >= 11 is 0. The smallest absolute Gasteiger partial charge is 0.195 e. The Hall–Kier alpha value is -1.58. The molecule has 4 nitrogen and oxygen atoms in total. The standard InChI is InChI=1S/C10H14N4/c1-14(9-3-2-6-12-7-9)10(11)13-8-4-5-8/h2-3,6-8H,4-5H2,1H3,(H2,11,13). The molecule has 0 radical (unpaired) electrons. The Labute approximate surface area is 83.5 Å². The predicted molar refractivity (Wildman–Crippen MR) is 57.3 cm³/mol. The van der Waals surface area contributed by atoms with Gasteiger partial charge in [-0.2, -0.15) is 0 Å². The number of pyridine rings is 1. The van der Waals surface area contributed by atoms with Crippen LogP contribution >= 0.6 is 0 Å². The topological polar surface area (TPSA) is 54.5 Å². The van der Waals surface area contributed by atoms with E-state index in [1.165, 1.54) is 12.8 Å². The highest BCUT2D eigenvalue weighted by Crippen LogP contribution is 2.23. The normalized spacial score (nSPS) is 16.8. The average Bonchev–Trinajstić information content (AvgIpc) is 3.02. The quantitative estimate of drug-likeness (QED) is 0.559. The van der Waals surface area contributed by atoms with Gasteiger partial charge in [0.2, 0.25) is 0 Å². The third-order valence-electron chi connectivity index (χ3n) is 2.24. The van der Waals surface area contributed by atoms with Crippen LogP contribution in [0.15, 0.2) is 29.5 Å². The molecule has 0 aromatic carbocycles. The van der Waals surface area contributed by atoms with E-state index in [-0.39, 0.29) is 0 Å². The number of nitrogens with two attached hydrogens (primary N) is 1. The summed E-state index contributed by atoms with van der Waals surface area (Å²) in [6.07, 6.45) is 5.85. The molecule has 0 aliphatic heterocycles. The van der Waals surface area contributed by atoms with E-state index in [2.05, 4.69) is 9.98 Å². The van der Waals surface area contributed by atoms with Crippen LogP contribution in [0, 0.1) is 0 Å². The molecule has 1 aromatic rings. The zero-order valence-corrected chi connectivity index (χ0v) is 8.22. The van der Waals surface area contributed by atoms with Gasteiger partial charge in [-0.25, -0.2) is 4.99 Å². The van der Waals surface area contributed by atoms with Crippen molar-refractivity contribution in [3.8, 4) is 0 Å². The van der Waals surface area contributed by atoms with Gasteiger partial charge in [0.25, 0.3) is 0 Å². The lowest BCUT2D eigenvalue weighted by Gasteiger charge is -2.17. The van der Waals surface area contributed by atoms with Crippen molar-refractivity contribution in [3.63, 3.8) is 0 Å². The number of anilines is 1. The first kappa shape index (κ1) is 8.99. The third kappa shape index (κ3) is 2.02. The number of aromatic nitrogens is 1. The summed E-state index contributed by atoms with van der Waals surface area (Å²) in [6, 6.07) is 4.30. The van der Waals surface area contributed by atoms with Gasteiger partial charge in [-0.1, -0.05) is 0 Å². The van der Waals surface area contributed by atoms with E-state index >= 15 is 0 Å². The zero-order valence-electron chi connectivity index (χ0n) is 8.22. The minimum atomic E-state index is 0.453. The number of hydrogen-bond acceptors (Lipinski definition) is 2. The van der Waals surface area contributed by atoms with Crippen LogP contribution in [0.1, 0.15) is 12.8 Å². The molecule has 4 heteroatoms. The first-order chi connectivity index (χ1) is 6.77. The molecule has 0 saturated heterocycles. The summed E-state index contributed by atoms with van der Waals surface area (Å²) in [4.78, 5) is 10.2. The molecule has 2 N–H and O–H groups in total. The molecule has 1 saturated carbocycles. The fourth-order valence-electron chi connectivity index (χ4n) is 1.16. The highest BCUT2D eigenvalue weighted by molar-refractivity contribution is 5.94. The molecule has 0 amide bonds. The fraction of sp³-hybridized carbons (Fsp3) is 0.400. The van der Waals surface area contributed by atoms with Gasteiger partial charge in [0.1, 0.15) is 0 Å². The molecule has 1 aliphatic carbocycles. The second-order valence-electron chi connectivity index (χ2n) is 3.49. The molecule has 1 aromatic heterocycles. The maximum atomic E-state index is 5.84. The molecule has 0 atom stereocenters. The van der Waals surface area contributed by atoms with Crippen LogP contribution in [-0.2, 0) is 0 Å². The summed E-state index contributed by atoms with van der Waals surface area (Å²) in [6.45, 7) is 0. The number of aliphatic imine (C=N–C) groups is 1. The first-order valence-corrected chi connectivity index (χ1v) is 4.74. The fourth-order valence-corrected chi connectivity index (χ4v) is 1.16. The Morgan fingerprint density at radius 1 is 1.64 bits per heavy atom. The highest BCUT2D eigenvalue weighted by atomic mass is 15.2. The Morgan fingerprint density at radius 2 is 2.43 bits per heavy atom. The lowest BCUT2D eigenvalue weighted by atomic mass is 10.4. The van der Waals surface area contributed by atoms with E-state index < -0.39 is 0 Å². The lowest BCUT2D eigenvalue weighted by molar-refractivity contribution is 1.03. The summed E-state index contributed by atoms with van der Waals surface area (Å²) in [7, 11) is 1.90. The van der Waals surface area contributed by atoms with E-state index in [9.17, 15) is 0 Å². The van der Waals surface area contributed by atoms with Crippen LogP contribution in [0.5, 0.6) is 0 Å². The molecule has 0 unspecified atom stereocenters. The summed E-state index contributed by atoms with van der Waals surface area (Å²) < 4.78 is 0. The number of hydrogen-bond donors (Lipinski definition) is 1. The van der Waals surface area contributed by atoms with Gasteiger partial charge in [0.15, 0.2) is 5.96 Å². The maximum Gasteiger partial charge on any atom is 0.195 e. The van der Waals surface area contributed by atoms with Crippen LogP contribution in [0.4, 0.5) is 5.69 Å². The van der Waals surface area contributed by atoms with Crippen LogP contribution in [0.2, 0.25) is 0 Å². The van der Waals surface area contributed by atoms with Crippen LogP contribution in [0.25, 0.3) is 0 Å². The van der Waals surface area contributed by atoms with Crippen molar-refractivity contribution in [2.24, 2.45) is 10.7 Å². The minimum Gasteiger partial charge on any atom is -0.370 e. The van der Waals surface area contributed by atoms with Crippen molar-refractivity contribution in [2.45, 2.75) is 18.9 Å². The summed E-state index contributed by atoms with van der Waals surface area (Å²) in [5, 5.41) is 0.